The number of carbonyl (C=O) groups is 1. The molecule has 1 aliphatic heterocycles. The Balaban J connectivity index is 2.10. The molecule has 1 aliphatic carbocycles. The summed E-state index contributed by atoms with van der Waals surface area (Å²) < 4.78 is 0. The Labute approximate surface area is 61.0 Å². The number of fused-ring (bicyclic) bond motifs is 1. The lowest BCUT2D eigenvalue weighted by Crippen LogP contribution is -2.43. The van der Waals surface area contributed by atoms with Crippen molar-refractivity contribution in [2.75, 3.05) is 6.54 Å². The maximum Gasteiger partial charge on any atom is 0.138 e. The molecular weight excluding hydrogens is 126 g/mol. The zero-order chi connectivity index (χ0) is 6.97. The van der Waals surface area contributed by atoms with Crippen LogP contribution < -0.4 is 5.32 Å². The van der Waals surface area contributed by atoms with E-state index in [4.69, 9.17) is 0 Å². The number of rotatable bonds is 0. The molecule has 2 fully saturated rings. The van der Waals surface area contributed by atoms with Crippen LogP contribution in [0.3, 0.4) is 0 Å². The van der Waals surface area contributed by atoms with Gasteiger partial charge < -0.3 is 5.32 Å². The summed E-state index contributed by atoms with van der Waals surface area (Å²) in [6, 6.07) is 0.543. The molecule has 10 heavy (non-hydrogen) atoms. The van der Waals surface area contributed by atoms with E-state index in [-0.39, 0.29) is 0 Å². The molecule has 0 amide bonds. The van der Waals surface area contributed by atoms with Crippen LogP contribution in [0.1, 0.15) is 25.7 Å². The van der Waals surface area contributed by atoms with E-state index < -0.39 is 0 Å². The van der Waals surface area contributed by atoms with Crippen molar-refractivity contribution >= 4 is 5.78 Å². The van der Waals surface area contributed by atoms with Crippen LogP contribution in [-0.2, 0) is 4.79 Å². The predicted octanol–water partition coefficient (Wildman–Crippen LogP) is 0.718. The van der Waals surface area contributed by atoms with Crippen molar-refractivity contribution in [3.8, 4) is 0 Å². The highest BCUT2D eigenvalue weighted by molar-refractivity contribution is 5.83. The van der Waals surface area contributed by atoms with Crippen LogP contribution in [0.5, 0.6) is 0 Å². The largest absolute Gasteiger partial charge is 0.313 e. The van der Waals surface area contributed by atoms with Crippen LogP contribution in [0.25, 0.3) is 0 Å². The summed E-state index contributed by atoms with van der Waals surface area (Å²) in [6.45, 7) is 0.917. The van der Waals surface area contributed by atoms with Gasteiger partial charge in [-0.1, -0.05) is 6.42 Å². The fraction of sp³-hybridized carbons (Fsp3) is 0.875. The van der Waals surface area contributed by atoms with Gasteiger partial charge in [0.25, 0.3) is 0 Å². The SMILES string of the molecule is O=C1CCN[C@H]2CCC[C@H]12. The minimum atomic E-state index is 0.383. The average Bonchev–Trinajstić information content (AvgIpc) is 2.36. The van der Waals surface area contributed by atoms with Crippen molar-refractivity contribution in [2.45, 2.75) is 31.7 Å². The zero-order valence-corrected chi connectivity index (χ0v) is 6.10. The molecule has 1 saturated heterocycles. The molecule has 1 heterocycles. The van der Waals surface area contributed by atoms with Gasteiger partial charge in [0.1, 0.15) is 5.78 Å². The predicted molar refractivity (Wildman–Crippen MR) is 38.8 cm³/mol. The third kappa shape index (κ3) is 0.870. The molecule has 2 heteroatoms. The van der Waals surface area contributed by atoms with Crippen LogP contribution in [0, 0.1) is 5.92 Å². The number of hydrogen-bond donors (Lipinski definition) is 1. The standard InChI is InChI=1S/C8H13NO/c10-8-4-5-9-7-3-1-2-6(7)8/h6-7,9H,1-5H2/t6-,7-/m0/s1. The summed E-state index contributed by atoms with van der Waals surface area (Å²) in [4.78, 5) is 11.2. The van der Waals surface area contributed by atoms with E-state index in [2.05, 4.69) is 5.32 Å². The first kappa shape index (κ1) is 6.35. The second-order valence-corrected chi connectivity index (χ2v) is 3.31. The Kier molecular flexibility index (Phi) is 1.49. The van der Waals surface area contributed by atoms with E-state index >= 15 is 0 Å². The van der Waals surface area contributed by atoms with E-state index in [0.29, 0.717) is 17.7 Å². The summed E-state index contributed by atoms with van der Waals surface area (Å²) in [5, 5.41) is 3.39. The Morgan fingerprint density at radius 3 is 3.10 bits per heavy atom. The zero-order valence-electron chi connectivity index (χ0n) is 6.10. The maximum absolute atomic E-state index is 11.2. The number of nitrogens with one attached hydrogen (secondary N) is 1. The van der Waals surface area contributed by atoms with Gasteiger partial charge in [-0.15, -0.1) is 0 Å². The van der Waals surface area contributed by atoms with Crippen molar-refractivity contribution in [1.29, 1.82) is 0 Å². The summed E-state index contributed by atoms with van der Waals surface area (Å²) in [7, 11) is 0. The molecule has 2 atom stereocenters. The molecule has 0 unspecified atom stereocenters. The highest BCUT2D eigenvalue weighted by Crippen LogP contribution is 2.29. The van der Waals surface area contributed by atoms with Gasteiger partial charge in [-0.2, -0.15) is 0 Å². The summed E-state index contributed by atoms with van der Waals surface area (Å²) in [6.07, 6.45) is 4.36. The molecular formula is C8H13NO. The van der Waals surface area contributed by atoms with Crippen molar-refractivity contribution in [2.24, 2.45) is 5.92 Å². The molecule has 56 valence electrons. The molecule has 0 aromatic heterocycles. The van der Waals surface area contributed by atoms with Gasteiger partial charge in [0, 0.05) is 24.9 Å². The fourth-order valence-corrected chi connectivity index (χ4v) is 2.16. The first-order valence-electron chi connectivity index (χ1n) is 4.14. The van der Waals surface area contributed by atoms with Crippen LogP contribution in [0.4, 0.5) is 0 Å². The third-order valence-corrected chi connectivity index (χ3v) is 2.71. The molecule has 2 aliphatic rings. The van der Waals surface area contributed by atoms with Crippen LogP contribution in [-0.4, -0.2) is 18.4 Å². The lowest BCUT2D eigenvalue weighted by Gasteiger charge is -2.24. The van der Waals surface area contributed by atoms with E-state index in [9.17, 15) is 4.79 Å². The Morgan fingerprint density at radius 2 is 2.30 bits per heavy atom. The van der Waals surface area contributed by atoms with Gasteiger partial charge >= 0.3 is 0 Å². The van der Waals surface area contributed by atoms with Crippen molar-refractivity contribution in [3.05, 3.63) is 0 Å². The monoisotopic (exact) mass is 139 g/mol. The van der Waals surface area contributed by atoms with E-state index in [1.807, 2.05) is 0 Å². The number of Topliss-reactive ketones (excluding diaryl/α,β-unsaturated/α-hetero) is 1. The molecule has 0 radical (unpaired) electrons. The van der Waals surface area contributed by atoms with E-state index in [0.717, 1.165) is 19.4 Å². The third-order valence-electron chi connectivity index (χ3n) is 2.71. The highest BCUT2D eigenvalue weighted by Gasteiger charge is 2.34. The number of hydrogen-bond acceptors (Lipinski definition) is 2. The Bertz CT molecular complexity index is 155. The van der Waals surface area contributed by atoms with Gasteiger partial charge in [0.2, 0.25) is 0 Å². The molecule has 0 aromatic rings. The Morgan fingerprint density at radius 1 is 1.40 bits per heavy atom. The smallest absolute Gasteiger partial charge is 0.138 e. The van der Waals surface area contributed by atoms with E-state index in [1.165, 1.54) is 12.8 Å². The van der Waals surface area contributed by atoms with Gasteiger partial charge in [-0.25, -0.2) is 0 Å². The first-order valence-corrected chi connectivity index (χ1v) is 4.14. The molecule has 0 bridgehead atoms. The van der Waals surface area contributed by atoms with Crippen molar-refractivity contribution in [3.63, 3.8) is 0 Å². The molecule has 0 aromatic carbocycles. The number of piperidine rings is 1. The van der Waals surface area contributed by atoms with Gasteiger partial charge in [-0.05, 0) is 12.8 Å². The number of carbonyl (C=O) groups excluding carboxylic acids is 1. The maximum atomic E-state index is 11.2. The van der Waals surface area contributed by atoms with Crippen LogP contribution >= 0.6 is 0 Å². The van der Waals surface area contributed by atoms with Gasteiger partial charge in [-0.3, -0.25) is 4.79 Å². The lowest BCUT2D eigenvalue weighted by atomic mass is 9.93. The Hall–Kier alpha value is -0.370. The number of ketones is 1. The first-order chi connectivity index (χ1) is 4.88. The summed E-state index contributed by atoms with van der Waals surface area (Å²) >= 11 is 0. The quantitative estimate of drug-likeness (QED) is 0.535. The molecule has 2 rings (SSSR count). The molecule has 2 nitrogen and oxygen atoms in total. The molecule has 1 saturated carbocycles. The van der Waals surface area contributed by atoms with Crippen LogP contribution in [0.15, 0.2) is 0 Å². The summed E-state index contributed by atoms with van der Waals surface area (Å²) in [5.41, 5.74) is 0. The lowest BCUT2D eigenvalue weighted by molar-refractivity contribution is -0.124. The topological polar surface area (TPSA) is 29.1 Å². The van der Waals surface area contributed by atoms with Crippen molar-refractivity contribution in [1.82, 2.24) is 5.32 Å². The fourth-order valence-electron chi connectivity index (χ4n) is 2.16. The molecule has 1 N–H and O–H groups in total. The second-order valence-electron chi connectivity index (χ2n) is 3.31. The average molecular weight is 139 g/mol. The van der Waals surface area contributed by atoms with Crippen molar-refractivity contribution < 1.29 is 4.79 Å². The van der Waals surface area contributed by atoms with Gasteiger partial charge in [0.15, 0.2) is 0 Å². The minimum Gasteiger partial charge on any atom is -0.313 e. The highest BCUT2D eigenvalue weighted by atomic mass is 16.1. The second kappa shape index (κ2) is 2.35. The molecule has 0 spiro atoms. The summed E-state index contributed by atoms with van der Waals surface area (Å²) in [5.74, 6) is 0.884. The normalized spacial score (nSPS) is 39.8. The van der Waals surface area contributed by atoms with Crippen LogP contribution in [0.2, 0.25) is 0 Å². The van der Waals surface area contributed by atoms with E-state index in [1.54, 1.807) is 0 Å². The minimum absolute atomic E-state index is 0.383. The van der Waals surface area contributed by atoms with Gasteiger partial charge in [0.05, 0.1) is 0 Å².